The fraction of sp³-hybridized carbons (Fsp3) is 0.925. The van der Waals surface area contributed by atoms with Crippen LogP contribution in [0.1, 0.15) is 80.1 Å². The Balaban J connectivity index is 0.964. The minimum atomic E-state index is -1.72. The Labute approximate surface area is 326 Å². The molecule has 0 aromatic carbocycles. The molecule has 24 atom stereocenters. The summed E-state index contributed by atoms with van der Waals surface area (Å²) in [6, 6.07) is 0. The van der Waals surface area contributed by atoms with E-state index in [1.165, 1.54) is 6.92 Å². The van der Waals surface area contributed by atoms with Crippen LogP contribution >= 0.6 is 0 Å². The third-order valence-electron chi connectivity index (χ3n) is 16.3. The van der Waals surface area contributed by atoms with E-state index in [0.29, 0.717) is 24.8 Å². The van der Waals surface area contributed by atoms with Crippen LogP contribution in [-0.4, -0.2) is 162 Å². The van der Waals surface area contributed by atoms with E-state index in [1.807, 2.05) is 13.8 Å². The highest BCUT2D eigenvalue weighted by Gasteiger charge is 2.79. The van der Waals surface area contributed by atoms with Crippen molar-refractivity contribution in [1.82, 2.24) is 0 Å². The predicted molar refractivity (Wildman–Crippen MR) is 191 cm³/mol. The first kappa shape index (κ1) is 41.4. The zero-order chi connectivity index (χ0) is 40.5. The average molecular weight is 799 g/mol. The number of ether oxygens (including phenoxy) is 6. The lowest BCUT2D eigenvalue weighted by molar-refractivity contribution is -0.365. The zero-order valence-electron chi connectivity index (χ0n) is 33.0. The van der Waals surface area contributed by atoms with Gasteiger partial charge in [-0.15, -0.1) is 0 Å². The molecule has 0 spiro atoms. The quantitative estimate of drug-likeness (QED) is 0.0852. The second-order valence-electron chi connectivity index (χ2n) is 19.0. The Morgan fingerprint density at radius 2 is 1.55 bits per heavy atom. The lowest BCUT2D eigenvalue weighted by atomic mass is 9.42. The molecular weight excluding hydrogens is 736 g/mol. The third kappa shape index (κ3) is 6.03. The van der Waals surface area contributed by atoms with Crippen LogP contribution in [0.2, 0.25) is 0 Å². The molecule has 8 aliphatic rings. The molecule has 8 rings (SSSR count). The zero-order valence-corrected chi connectivity index (χ0v) is 33.0. The van der Waals surface area contributed by atoms with Crippen molar-refractivity contribution in [2.24, 2.45) is 40.4 Å². The summed E-state index contributed by atoms with van der Waals surface area (Å²) in [7, 11) is 0. The summed E-state index contributed by atoms with van der Waals surface area (Å²) in [6.45, 7) is 10.8. The van der Waals surface area contributed by atoms with Crippen LogP contribution in [0.5, 0.6) is 0 Å². The van der Waals surface area contributed by atoms with Crippen LogP contribution in [0.15, 0.2) is 11.1 Å². The topological polar surface area (TPSA) is 258 Å². The van der Waals surface area contributed by atoms with Crippen molar-refractivity contribution in [3.8, 4) is 0 Å². The van der Waals surface area contributed by atoms with Gasteiger partial charge < -0.3 is 74.4 Å². The van der Waals surface area contributed by atoms with Crippen LogP contribution in [-0.2, 0) is 33.2 Å². The minimum absolute atomic E-state index is 0.0271. The van der Waals surface area contributed by atoms with Gasteiger partial charge in [0.05, 0.1) is 37.1 Å². The molecule has 4 aliphatic carbocycles. The van der Waals surface area contributed by atoms with Crippen LogP contribution in [0.4, 0.5) is 0 Å². The van der Waals surface area contributed by atoms with Gasteiger partial charge in [-0.1, -0.05) is 26.3 Å². The molecule has 0 amide bonds. The van der Waals surface area contributed by atoms with E-state index >= 15 is 0 Å². The molecule has 4 saturated carbocycles. The largest absolute Gasteiger partial charge is 0.458 e. The van der Waals surface area contributed by atoms with Crippen LogP contribution in [0.25, 0.3) is 0 Å². The smallest absolute Gasteiger partial charge is 0.333 e. The van der Waals surface area contributed by atoms with Crippen molar-refractivity contribution in [2.45, 2.75) is 184 Å². The molecule has 0 radical (unpaired) electrons. The minimum Gasteiger partial charge on any atom is -0.458 e. The van der Waals surface area contributed by atoms with Crippen molar-refractivity contribution in [3.05, 3.63) is 11.1 Å². The van der Waals surface area contributed by atoms with Gasteiger partial charge in [0.1, 0.15) is 60.5 Å². The number of hydrogen-bond donors (Lipinski definition) is 9. The number of aliphatic hydroxyl groups is 9. The summed E-state index contributed by atoms with van der Waals surface area (Å²) in [4.78, 5) is 12.7. The average Bonchev–Trinajstić information content (AvgIpc) is 3.91. The molecule has 16 heteroatoms. The molecule has 7 fully saturated rings. The molecular formula is C40H62O16. The van der Waals surface area contributed by atoms with Gasteiger partial charge in [0.25, 0.3) is 0 Å². The number of epoxide rings is 1. The Hall–Kier alpha value is -1.35. The maximum Gasteiger partial charge on any atom is 0.333 e. The number of hydrogen-bond acceptors (Lipinski definition) is 16. The van der Waals surface area contributed by atoms with E-state index in [1.54, 1.807) is 6.92 Å². The summed E-state index contributed by atoms with van der Waals surface area (Å²) in [5.41, 5.74) is -1.16. The molecule has 9 N–H and O–H groups in total. The van der Waals surface area contributed by atoms with Gasteiger partial charge in [0.2, 0.25) is 0 Å². The predicted octanol–water partition coefficient (Wildman–Crippen LogP) is -0.986. The molecule has 56 heavy (non-hydrogen) atoms. The molecule has 4 heterocycles. The lowest BCUT2D eigenvalue weighted by Gasteiger charge is -2.64. The number of esters is 1. The summed E-state index contributed by atoms with van der Waals surface area (Å²) >= 11 is 0. The molecule has 4 aliphatic heterocycles. The van der Waals surface area contributed by atoms with Crippen molar-refractivity contribution in [2.75, 3.05) is 6.61 Å². The molecule has 0 aromatic heterocycles. The van der Waals surface area contributed by atoms with E-state index < -0.39 is 103 Å². The van der Waals surface area contributed by atoms with Crippen molar-refractivity contribution < 1.29 is 79.2 Å². The Kier molecular flexibility index (Phi) is 10.6. The standard InChI is InChI=1S/C40H62O16/c1-14-9-22(53-35(49)15(14)2)16(3)26-21(42)11-20-25-19(7-8-38(20,26)5)39(6)24(43)10-18(12-40(39,50)34-33(25)55-34)52-37-31(48)29(46)32(23(13-41)54-37)56-36-30(47)28(45)27(44)17(4)51-36/h16-34,36-37,41-48,50H,7-13H2,1-6H3/t16-,17+,18-,19+,20+,21+,22+,23-,24+,25-,26+,27-,28-,29-,30-,31-,32-,33-,34-,36-,37-,38+,39+,40-/m0/s1. The van der Waals surface area contributed by atoms with Gasteiger partial charge in [-0.25, -0.2) is 4.79 Å². The Morgan fingerprint density at radius 1 is 0.875 bits per heavy atom. The van der Waals surface area contributed by atoms with Gasteiger partial charge in [-0.05, 0) is 75.0 Å². The van der Waals surface area contributed by atoms with Crippen LogP contribution < -0.4 is 0 Å². The van der Waals surface area contributed by atoms with E-state index in [2.05, 4.69) is 13.8 Å². The second-order valence-corrected chi connectivity index (χ2v) is 19.0. The monoisotopic (exact) mass is 798 g/mol. The van der Waals surface area contributed by atoms with E-state index in [4.69, 9.17) is 28.4 Å². The lowest BCUT2D eigenvalue weighted by Crippen LogP contribution is -2.71. The number of fused-ring (bicyclic) bond motifs is 8. The van der Waals surface area contributed by atoms with Crippen molar-refractivity contribution in [1.29, 1.82) is 0 Å². The third-order valence-corrected chi connectivity index (χ3v) is 16.3. The first-order valence-corrected chi connectivity index (χ1v) is 20.5. The summed E-state index contributed by atoms with van der Waals surface area (Å²) < 4.78 is 35.6. The molecule has 3 saturated heterocycles. The highest BCUT2D eigenvalue weighted by molar-refractivity contribution is 5.89. The van der Waals surface area contributed by atoms with E-state index in [-0.39, 0.29) is 66.0 Å². The second kappa shape index (κ2) is 14.4. The molecule has 0 unspecified atom stereocenters. The number of carbonyl (C=O) groups is 1. The van der Waals surface area contributed by atoms with Gasteiger partial charge in [0, 0.05) is 30.3 Å². The summed E-state index contributed by atoms with van der Waals surface area (Å²) in [6.07, 6.45) is -15.8. The molecule has 0 bridgehead atoms. The van der Waals surface area contributed by atoms with E-state index in [0.717, 1.165) is 12.0 Å². The maximum absolute atomic E-state index is 12.7. The highest BCUT2D eigenvalue weighted by atomic mass is 16.7. The fourth-order valence-electron chi connectivity index (χ4n) is 12.9. The van der Waals surface area contributed by atoms with Crippen molar-refractivity contribution in [3.63, 3.8) is 0 Å². The number of carbonyl (C=O) groups excluding carboxylic acids is 1. The normalized spacial score (nSPS) is 57.4. The highest BCUT2D eigenvalue weighted by Crippen LogP contribution is 2.73. The first-order valence-electron chi connectivity index (χ1n) is 20.5. The number of cyclic esters (lactones) is 1. The number of rotatable bonds is 7. The molecule has 16 nitrogen and oxygen atoms in total. The van der Waals surface area contributed by atoms with Gasteiger partial charge in [0.15, 0.2) is 12.6 Å². The Morgan fingerprint density at radius 3 is 2.23 bits per heavy atom. The van der Waals surface area contributed by atoms with Gasteiger partial charge >= 0.3 is 5.97 Å². The summed E-state index contributed by atoms with van der Waals surface area (Å²) in [5, 5.41) is 99.8. The first-order chi connectivity index (χ1) is 26.3. The SMILES string of the molecule is CC1=C(C)C(=O)O[C@@H]([C@H](C)[C@@H]2[C@H](O)C[C@@H]3[C@H]4[C@@H]5O[C@@H]5[C@@]5(O)C[C@@H](O[C@H]6O[C@@H](CO)[C@H](O[C@@H]7O[C@H](C)[C@H](O)[C@H](O)[C@@H]7O)[C@@H](O)[C@@H]6O)C[C@@H](O)[C@@]5(C)[C@@H]4CC[C@@]23C)C1. The van der Waals surface area contributed by atoms with Crippen LogP contribution in [0, 0.1) is 40.4 Å². The van der Waals surface area contributed by atoms with Gasteiger partial charge in [-0.3, -0.25) is 0 Å². The summed E-state index contributed by atoms with van der Waals surface area (Å²) in [5.74, 6) is -0.627. The van der Waals surface area contributed by atoms with E-state index in [9.17, 15) is 50.8 Å². The number of aliphatic hydroxyl groups excluding tert-OH is 8. The fourth-order valence-corrected chi connectivity index (χ4v) is 12.9. The van der Waals surface area contributed by atoms with Gasteiger partial charge in [-0.2, -0.15) is 0 Å². The molecule has 0 aromatic rings. The van der Waals surface area contributed by atoms with Crippen LogP contribution in [0.3, 0.4) is 0 Å². The Bertz CT molecular complexity index is 1540. The molecule has 318 valence electrons. The van der Waals surface area contributed by atoms with Crippen molar-refractivity contribution >= 4 is 5.97 Å². The maximum atomic E-state index is 12.7.